The maximum absolute atomic E-state index is 11.9. The van der Waals surface area contributed by atoms with Crippen molar-refractivity contribution in [1.82, 2.24) is 15.3 Å². The van der Waals surface area contributed by atoms with Crippen molar-refractivity contribution in [3.8, 4) is 0 Å². The summed E-state index contributed by atoms with van der Waals surface area (Å²) in [5.74, 6) is -1.40. The number of carbonyl (C=O) groups excluding carboxylic acids is 1. The number of carboxylic acids is 1. The lowest BCUT2D eigenvalue weighted by molar-refractivity contribution is -0.0109. The smallest absolute Gasteiger partial charge is 0.354 e. The average Bonchev–Trinajstić information content (AvgIpc) is 2.85. The molecule has 1 heterocycles. The van der Waals surface area contributed by atoms with Crippen molar-refractivity contribution in [3.05, 3.63) is 17.7 Å². The third-order valence-electron chi connectivity index (χ3n) is 3.71. The van der Waals surface area contributed by atoms with Crippen molar-refractivity contribution in [3.63, 3.8) is 0 Å². The van der Waals surface area contributed by atoms with Crippen molar-refractivity contribution >= 4 is 11.9 Å². The van der Waals surface area contributed by atoms with E-state index in [0.717, 1.165) is 19.2 Å². The summed E-state index contributed by atoms with van der Waals surface area (Å²) in [7, 11) is 0. The Kier molecular flexibility index (Phi) is 4.08. The second-order valence-corrected chi connectivity index (χ2v) is 5.54. The van der Waals surface area contributed by atoms with E-state index in [1.54, 1.807) is 0 Å². The van der Waals surface area contributed by atoms with Crippen LogP contribution in [0.25, 0.3) is 0 Å². The second-order valence-electron chi connectivity index (χ2n) is 5.54. The molecule has 1 aliphatic rings. The molecular formula is C13H19N3O4. The molecule has 0 bridgehead atoms. The monoisotopic (exact) mass is 281 g/mol. The van der Waals surface area contributed by atoms with Gasteiger partial charge in [-0.3, -0.25) is 4.79 Å². The quantitative estimate of drug-likeness (QED) is 0.651. The Morgan fingerprint density at radius 2 is 2.35 bits per heavy atom. The van der Waals surface area contributed by atoms with Gasteiger partial charge in [-0.25, -0.2) is 9.78 Å². The third-order valence-corrected chi connectivity index (χ3v) is 3.71. The summed E-state index contributed by atoms with van der Waals surface area (Å²) in [6.07, 6.45) is 4.45. The molecule has 2 atom stereocenters. The van der Waals surface area contributed by atoms with Gasteiger partial charge in [0.05, 0.1) is 11.9 Å². The summed E-state index contributed by atoms with van der Waals surface area (Å²) in [5.41, 5.74) is -1.32. The number of aromatic amines is 1. The second kappa shape index (κ2) is 5.62. The number of aliphatic hydroxyl groups is 1. The van der Waals surface area contributed by atoms with Crippen LogP contribution in [-0.4, -0.2) is 44.2 Å². The fourth-order valence-electron chi connectivity index (χ4n) is 2.75. The molecule has 110 valence electrons. The standard InChI is InChI=1S/C13H19N3O4/c1-8-3-2-4-13(20,5-8)6-14-11(17)9-10(12(18)19)16-7-15-9/h7-8,20H,2-6H2,1H3,(H,14,17)(H,15,16)(H,18,19). The third kappa shape index (κ3) is 3.16. The predicted molar refractivity (Wildman–Crippen MR) is 70.5 cm³/mol. The summed E-state index contributed by atoms with van der Waals surface area (Å²) in [4.78, 5) is 28.9. The number of rotatable bonds is 4. The minimum atomic E-state index is -1.24. The summed E-state index contributed by atoms with van der Waals surface area (Å²) in [6, 6.07) is 0. The van der Waals surface area contributed by atoms with E-state index >= 15 is 0 Å². The minimum Gasteiger partial charge on any atom is -0.477 e. The number of aromatic carboxylic acids is 1. The van der Waals surface area contributed by atoms with E-state index in [0.29, 0.717) is 18.8 Å². The van der Waals surface area contributed by atoms with Crippen LogP contribution in [0.1, 0.15) is 53.6 Å². The normalized spacial score (nSPS) is 26.2. The van der Waals surface area contributed by atoms with E-state index in [-0.39, 0.29) is 17.9 Å². The van der Waals surface area contributed by atoms with Gasteiger partial charge in [-0.15, -0.1) is 0 Å². The van der Waals surface area contributed by atoms with Gasteiger partial charge in [-0.2, -0.15) is 0 Å². The number of hydrogen-bond donors (Lipinski definition) is 4. The largest absolute Gasteiger partial charge is 0.477 e. The Bertz CT molecular complexity index is 513. The van der Waals surface area contributed by atoms with Gasteiger partial charge in [-0.1, -0.05) is 19.8 Å². The van der Waals surface area contributed by atoms with Crippen LogP contribution in [0, 0.1) is 5.92 Å². The Morgan fingerprint density at radius 1 is 1.60 bits per heavy atom. The molecular weight excluding hydrogens is 262 g/mol. The predicted octanol–water partition coefficient (Wildman–Crippen LogP) is 0.779. The number of nitrogens with zero attached hydrogens (tertiary/aromatic N) is 1. The molecule has 0 radical (unpaired) electrons. The number of carboxylic acid groups (broad SMARTS) is 1. The Morgan fingerprint density at radius 3 is 3.00 bits per heavy atom. The average molecular weight is 281 g/mol. The van der Waals surface area contributed by atoms with Crippen molar-refractivity contribution in [2.45, 2.75) is 38.2 Å². The number of nitrogens with one attached hydrogen (secondary N) is 2. The van der Waals surface area contributed by atoms with E-state index in [4.69, 9.17) is 5.11 Å². The van der Waals surface area contributed by atoms with Crippen LogP contribution in [0.4, 0.5) is 0 Å². The van der Waals surface area contributed by atoms with Gasteiger partial charge in [0.2, 0.25) is 0 Å². The summed E-state index contributed by atoms with van der Waals surface area (Å²) in [5, 5.41) is 21.9. The first-order valence-electron chi connectivity index (χ1n) is 6.68. The van der Waals surface area contributed by atoms with E-state index < -0.39 is 17.5 Å². The molecule has 0 spiro atoms. The zero-order valence-corrected chi connectivity index (χ0v) is 11.3. The lowest BCUT2D eigenvalue weighted by atomic mass is 9.79. The molecule has 1 aromatic heterocycles. The molecule has 7 heteroatoms. The molecule has 2 unspecified atom stereocenters. The van der Waals surface area contributed by atoms with E-state index in [2.05, 4.69) is 22.2 Å². The highest BCUT2D eigenvalue weighted by atomic mass is 16.4. The highest BCUT2D eigenvalue weighted by molar-refractivity contribution is 6.02. The Hall–Kier alpha value is -1.89. The maximum Gasteiger partial charge on any atom is 0.354 e. The molecule has 1 aromatic rings. The lowest BCUT2D eigenvalue weighted by Crippen LogP contribution is -2.46. The van der Waals surface area contributed by atoms with Gasteiger partial charge in [-0.05, 0) is 18.8 Å². The first-order chi connectivity index (χ1) is 9.41. The van der Waals surface area contributed by atoms with Crippen LogP contribution in [0.2, 0.25) is 0 Å². The summed E-state index contributed by atoms with van der Waals surface area (Å²) >= 11 is 0. The maximum atomic E-state index is 11.9. The molecule has 0 aliphatic heterocycles. The fraction of sp³-hybridized carbons (Fsp3) is 0.615. The van der Waals surface area contributed by atoms with Gasteiger partial charge in [0, 0.05) is 6.54 Å². The van der Waals surface area contributed by atoms with Crippen LogP contribution in [0.15, 0.2) is 6.33 Å². The molecule has 2 rings (SSSR count). The first-order valence-corrected chi connectivity index (χ1v) is 6.68. The Balaban J connectivity index is 1.98. The number of imidazole rings is 1. The van der Waals surface area contributed by atoms with Crippen molar-refractivity contribution in [2.75, 3.05) is 6.54 Å². The number of carbonyl (C=O) groups is 2. The van der Waals surface area contributed by atoms with Crippen LogP contribution in [-0.2, 0) is 0 Å². The van der Waals surface area contributed by atoms with Gasteiger partial charge in [0.15, 0.2) is 11.4 Å². The van der Waals surface area contributed by atoms with Crippen LogP contribution < -0.4 is 5.32 Å². The molecule has 1 saturated carbocycles. The van der Waals surface area contributed by atoms with Crippen molar-refractivity contribution in [2.24, 2.45) is 5.92 Å². The SMILES string of the molecule is CC1CCCC(O)(CNC(=O)c2nc[nH]c2C(=O)O)C1. The molecule has 0 aromatic carbocycles. The van der Waals surface area contributed by atoms with Crippen molar-refractivity contribution in [1.29, 1.82) is 0 Å². The Labute approximate surface area is 116 Å². The topological polar surface area (TPSA) is 115 Å². The zero-order valence-electron chi connectivity index (χ0n) is 11.3. The van der Waals surface area contributed by atoms with Gasteiger partial charge < -0.3 is 20.5 Å². The number of amides is 1. The highest BCUT2D eigenvalue weighted by Crippen LogP contribution is 2.31. The molecule has 0 saturated heterocycles. The molecule has 7 nitrogen and oxygen atoms in total. The molecule has 4 N–H and O–H groups in total. The van der Waals surface area contributed by atoms with Crippen LogP contribution in [0.5, 0.6) is 0 Å². The lowest BCUT2D eigenvalue weighted by Gasteiger charge is -2.35. The highest BCUT2D eigenvalue weighted by Gasteiger charge is 2.33. The number of H-pyrrole nitrogens is 1. The van der Waals surface area contributed by atoms with Crippen LogP contribution in [0.3, 0.4) is 0 Å². The van der Waals surface area contributed by atoms with E-state index in [1.807, 2.05) is 0 Å². The minimum absolute atomic E-state index is 0.113. The van der Waals surface area contributed by atoms with Crippen molar-refractivity contribution < 1.29 is 19.8 Å². The molecule has 1 amide bonds. The van der Waals surface area contributed by atoms with Gasteiger partial charge >= 0.3 is 5.97 Å². The summed E-state index contributed by atoms with van der Waals surface area (Å²) in [6.45, 7) is 2.18. The number of hydrogen-bond acceptors (Lipinski definition) is 4. The molecule has 1 aliphatic carbocycles. The summed E-state index contributed by atoms with van der Waals surface area (Å²) < 4.78 is 0. The van der Waals surface area contributed by atoms with Crippen LogP contribution >= 0.6 is 0 Å². The fourth-order valence-corrected chi connectivity index (χ4v) is 2.75. The molecule has 1 fully saturated rings. The van der Waals surface area contributed by atoms with E-state index in [1.165, 1.54) is 0 Å². The first kappa shape index (κ1) is 14.5. The number of aromatic nitrogens is 2. The van der Waals surface area contributed by atoms with E-state index in [9.17, 15) is 14.7 Å². The zero-order chi connectivity index (χ0) is 14.8. The van der Waals surface area contributed by atoms with Gasteiger partial charge in [0.1, 0.15) is 0 Å². The van der Waals surface area contributed by atoms with Gasteiger partial charge in [0.25, 0.3) is 5.91 Å². The molecule has 20 heavy (non-hydrogen) atoms.